The molecular formula is C29H48N2O7. The second-order valence-electron chi connectivity index (χ2n) is 13.5. The first kappa shape index (κ1) is 29.3. The smallest absolute Gasteiger partial charge is 0.326 e. The second-order valence-corrected chi connectivity index (χ2v) is 13.5. The number of carbonyl (C=O) groups excluding carboxylic acids is 2. The molecule has 0 aromatic heterocycles. The third kappa shape index (κ3) is 5.22. The fourth-order valence-corrected chi connectivity index (χ4v) is 9.50. The maximum Gasteiger partial charge on any atom is 0.326 e. The summed E-state index contributed by atoms with van der Waals surface area (Å²) in [7, 11) is 0. The van der Waals surface area contributed by atoms with Crippen LogP contribution in [-0.2, 0) is 14.4 Å². The van der Waals surface area contributed by atoms with Gasteiger partial charge in [0.25, 0.3) is 0 Å². The summed E-state index contributed by atoms with van der Waals surface area (Å²) in [4.78, 5) is 35.1. The van der Waals surface area contributed by atoms with Gasteiger partial charge < -0.3 is 31.5 Å². The number of aliphatic carboxylic acids is 1. The van der Waals surface area contributed by atoms with Crippen molar-refractivity contribution < 1.29 is 34.8 Å². The minimum Gasteiger partial charge on any atom is -0.480 e. The van der Waals surface area contributed by atoms with Crippen LogP contribution in [-0.4, -0.2) is 62.6 Å². The van der Waals surface area contributed by atoms with Gasteiger partial charge in [0, 0.05) is 12.8 Å². The van der Waals surface area contributed by atoms with Gasteiger partial charge >= 0.3 is 5.97 Å². The molecule has 4 aliphatic rings. The van der Waals surface area contributed by atoms with Crippen molar-refractivity contribution in [3.63, 3.8) is 0 Å². The predicted molar refractivity (Wildman–Crippen MR) is 140 cm³/mol. The van der Waals surface area contributed by atoms with E-state index in [1.165, 1.54) is 0 Å². The van der Waals surface area contributed by atoms with E-state index in [2.05, 4.69) is 26.1 Å². The number of carbonyl (C=O) groups is 3. The Morgan fingerprint density at radius 1 is 0.974 bits per heavy atom. The van der Waals surface area contributed by atoms with Crippen LogP contribution < -0.4 is 11.1 Å². The molecule has 4 fully saturated rings. The van der Waals surface area contributed by atoms with Crippen LogP contribution in [0.25, 0.3) is 0 Å². The highest BCUT2D eigenvalue weighted by atomic mass is 16.4. The van der Waals surface area contributed by atoms with Crippen LogP contribution in [0.2, 0.25) is 0 Å². The van der Waals surface area contributed by atoms with Crippen LogP contribution in [0, 0.1) is 46.3 Å². The number of carboxylic acids is 1. The quantitative estimate of drug-likeness (QED) is 0.262. The van der Waals surface area contributed by atoms with Crippen LogP contribution >= 0.6 is 0 Å². The van der Waals surface area contributed by atoms with Crippen molar-refractivity contribution in [1.82, 2.24) is 5.32 Å². The van der Waals surface area contributed by atoms with Crippen molar-refractivity contribution in [2.75, 3.05) is 0 Å². The Labute approximate surface area is 225 Å². The molecule has 216 valence electrons. The minimum absolute atomic E-state index is 0.0302. The Morgan fingerprint density at radius 3 is 2.34 bits per heavy atom. The monoisotopic (exact) mass is 536 g/mol. The van der Waals surface area contributed by atoms with E-state index in [1.54, 1.807) is 0 Å². The summed E-state index contributed by atoms with van der Waals surface area (Å²) < 4.78 is 0. The van der Waals surface area contributed by atoms with E-state index in [0.29, 0.717) is 12.8 Å². The van der Waals surface area contributed by atoms with E-state index in [0.717, 1.165) is 38.5 Å². The number of nitrogens with two attached hydrogens (primary N) is 1. The average Bonchev–Trinajstić information content (AvgIpc) is 3.20. The molecular weight excluding hydrogens is 488 g/mol. The number of hydrogen-bond acceptors (Lipinski definition) is 6. The van der Waals surface area contributed by atoms with E-state index in [9.17, 15) is 34.8 Å². The van der Waals surface area contributed by atoms with Crippen LogP contribution in [0.3, 0.4) is 0 Å². The molecule has 2 amide bonds. The fourth-order valence-electron chi connectivity index (χ4n) is 9.50. The number of primary amides is 1. The normalized spacial score (nSPS) is 43.7. The van der Waals surface area contributed by atoms with Gasteiger partial charge in [0.15, 0.2) is 0 Å². The topological polar surface area (TPSA) is 170 Å². The zero-order valence-corrected chi connectivity index (χ0v) is 23.1. The van der Waals surface area contributed by atoms with Crippen LogP contribution in [0.15, 0.2) is 0 Å². The van der Waals surface area contributed by atoms with E-state index < -0.39 is 30.1 Å². The maximum atomic E-state index is 12.6. The fraction of sp³-hybridized carbons (Fsp3) is 0.897. The molecule has 7 N–H and O–H groups in total. The van der Waals surface area contributed by atoms with Crippen molar-refractivity contribution in [3.05, 3.63) is 0 Å². The summed E-state index contributed by atoms with van der Waals surface area (Å²) in [5.74, 6) is -0.935. The Kier molecular flexibility index (Phi) is 8.51. The van der Waals surface area contributed by atoms with Gasteiger partial charge in [-0.1, -0.05) is 20.8 Å². The lowest BCUT2D eigenvalue weighted by Crippen LogP contribution is -2.62. The first-order chi connectivity index (χ1) is 17.8. The number of aliphatic hydroxyl groups excluding tert-OH is 3. The molecule has 0 aromatic carbocycles. The van der Waals surface area contributed by atoms with Crippen LogP contribution in [0.1, 0.15) is 91.4 Å². The van der Waals surface area contributed by atoms with Crippen molar-refractivity contribution in [2.24, 2.45) is 52.1 Å². The predicted octanol–water partition coefficient (Wildman–Crippen LogP) is 2.20. The minimum atomic E-state index is -1.19. The molecule has 0 aromatic rings. The third-order valence-corrected chi connectivity index (χ3v) is 11.7. The number of fused-ring (bicyclic) bond motifs is 5. The number of carboxylic acid groups (broad SMARTS) is 1. The van der Waals surface area contributed by atoms with Gasteiger partial charge in [-0.05, 0) is 104 Å². The molecule has 4 saturated carbocycles. The van der Waals surface area contributed by atoms with Crippen LogP contribution in [0.4, 0.5) is 0 Å². The highest BCUT2D eigenvalue weighted by Crippen LogP contribution is 2.68. The largest absolute Gasteiger partial charge is 0.480 e. The first-order valence-electron chi connectivity index (χ1n) is 14.6. The highest BCUT2D eigenvalue weighted by Gasteiger charge is 2.65. The zero-order valence-electron chi connectivity index (χ0n) is 23.1. The van der Waals surface area contributed by atoms with Crippen LogP contribution in [0.5, 0.6) is 0 Å². The van der Waals surface area contributed by atoms with Crippen molar-refractivity contribution in [1.29, 1.82) is 0 Å². The Bertz CT molecular complexity index is 913. The molecule has 0 aliphatic heterocycles. The molecule has 0 heterocycles. The molecule has 4 aliphatic carbocycles. The number of nitrogens with one attached hydrogen (secondary N) is 1. The maximum absolute atomic E-state index is 12.6. The lowest BCUT2D eigenvalue weighted by atomic mass is 9.43. The summed E-state index contributed by atoms with van der Waals surface area (Å²) in [6, 6.07) is -1.14. The molecule has 0 spiro atoms. The Balaban J connectivity index is 1.42. The average molecular weight is 537 g/mol. The molecule has 0 saturated heterocycles. The molecule has 38 heavy (non-hydrogen) atoms. The van der Waals surface area contributed by atoms with E-state index in [1.807, 2.05) is 0 Å². The lowest BCUT2D eigenvalue weighted by Gasteiger charge is -2.63. The summed E-state index contributed by atoms with van der Waals surface area (Å²) >= 11 is 0. The molecule has 12 atom stereocenters. The third-order valence-electron chi connectivity index (χ3n) is 11.7. The van der Waals surface area contributed by atoms with E-state index in [-0.39, 0.29) is 77.6 Å². The standard InChI is InChI=1S/C29H48N2O7/c1-15(4-9-25(36)31-21(27(37)38)7-8-24(30)35)18-5-6-19-26-20(14-23(34)29(18,19)3)28(2)11-10-17(32)12-16(28)13-22(26)33/h15-23,26,32-34H,4-14H2,1-3H3,(H2,30,35)(H,31,36)(H,37,38)/t15-,16+,17-,18-,19+,20+,21+,22-,23+,26+,28+,29-/m1/s1. The summed E-state index contributed by atoms with van der Waals surface area (Å²) in [6.45, 7) is 6.62. The van der Waals surface area contributed by atoms with Gasteiger partial charge in [0.1, 0.15) is 6.04 Å². The summed E-state index contributed by atoms with van der Waals surface area (Å²) in [5, 5.41) is 45.3. The molecule has 4 rings (SSSR count). The SMILES string of the molecule is C[C@H](CCC(=O)N[C@@H](CCC(N)=O)C(=O)O)[C@H]1CC[C@H]2[C@@H]3[C@H](O)C[C@@H]4C[C@H](O)CC[C@]4(C)[C@H]3C[C@H](O)[C@]12C. The van der Waals surface area contributed by atoms with Gasteiger partial charge in [-0.15, -0.1) is 0 Å². The summed E-state index contributed by atoms with van der Waals surface area (Å²) in [5.41, 5.74) is 4.80. The number of amides is 2. The van der Waals surface area contributed by atoms with Gasteiger partial charge in [0.05, 0.1) is 18.3 Å². The second kappa shape index (κ2) is 11.0. The Hall–Kier alpha value is -1.71. The number of hydrogen-bond donors (Lipinski definition) is 6. The molecule has 9 nitrogen and oxygen atoms in total. The van der Waals surface area contributed by atoms with Crippen molar-refractivity contribution >= 4 is 17.8 Å². The van der Waals surface area contributed by atoms with E-state index >= 15 is 0 Å². The van der Waals surface area contributed by atoms with Crippen molar-refractivity contribution in [3.8, 4) is 0 Å². The zero-order chi connectivity index (χ0) is 28.0. The Morgan fingerprint density at radius 2 is 1.68 bits per heavy atom. The van der Waals surface area contributed by atoms with Crippen molar-refractivity contribution in [2.45, 2.75) is 116 Å². The van der Waals surface area contributed by atoms with Gasteiger partial charge in [-0.25, -0.2) is 4.79 Å². The molecule has 0 unspecified atom stereocenters. The summed E-state index contributed by atoms with van der Waals surface area (Å²) in [6.07, 6.45) is 5.13. The number of rotatable bonds is 9. The van der Waals surface area contributed by atoms with Gasteiger partial charge in [-0.2, -0.15) is 0 Å². The number of aliphatic hydroxyl groups is 3. The van der Waals surface area contributed by atoms with Gasteiger partial charge in [-0.3, -0.25) is 9.59 Å². The highest BCUT2D eigenvalue weighted by molar-refractivity contribution is 5.84. The lowest BCUT2D eigenvalue weighted by molar-refractivity contribution is -0.207. The van der Waals surface area contributed by atoms with Gasteiger partial charge in [0.2, 0.25) is 11.8 Å². The molecule has 0 bridgehead atoms. The van der Waals surface area contributed by atoms with E-state index in [4.69, 9.17) is 5.73 Å². The molecule has 0 radical (unpaired) electrons. The first-order valence-corrected chi connectivity index (χ1v) is 14.6. The molecule has 9 heteroatoms.